The molecule has 0 aliphatic carbocycles. The number of furan rings is 5. The average molecular weight is 1960 g/mol. The number of para-hydroxylation sites is 4. The van der Waals surface area contributed by atoms with Crippen LogP contribution in [-0.2, 0) is 0 Å². The van der Waals surface area contributed by atoms with E-state index in [4.69, 9.17) is 80.1 Å². The monoisotopic (exact) mass is 1950 g/mol. The number of aromatic nitrogens is 12. The zero-order valence-corrected chi connectivity index (χ0v) is 79.3. The molecule has 0 amide bonds. The van der Waals surface area contributed by atoms with Gasteiger partial charge in [0, 0.05) is 109 Å². The van der Waals surface area contributed by atoms with Crippen LogP contribution in [0.25, 0.3) is 276 Å². The molecule has 20 aromatic carbocycles. The van der Waals surface area contributed by atoms with E-state index in [1.54, 1.807) is 0 Å². The normalized spacial score (nSPS) is 11.6. The van der Waals surface area contributed by atoms with Crippen molar-refractivity contribution in [2.24, 2.45) is 0 Å². The average Bonchev–Trinajstić information content (AvgIpc) is 1.60. The van der Waals surface area contributed by atoms with Crippen LogP contribution in [0, 0.1) is 0 Å². The quantitative estimate of drug-likeness (QED) is 0.135. The highest BCUT2D eigenvalue weighted by molar-refractivity contribution is 6.32. The predicted octanol–water partition coefficient (Wildman–Crippen LogP) is 34.8. The van der Waals surface area contributed by atoms with Gasteiger partial charge in [-0.05, 0) is 227 Å². The fraction of sp³-hybridized carbons (Fsp3) is 0. The van der Waals surface area contributed by atoms with E-state index in [1.807, 2.05) is 243 Å². The van der Waals surface area contributed by atoms with Crippen LogP contribution < -0.4 is 0 Å². The van der Waals surface area contributed by atoms with Crippen molar-refractivity contribution < 1.29 is 22.1 Å². The van der Waals surface area contributed by atoms with Gasteiger partial charge in [0.25, 0.3) is 0 Å². The number of rotatable bonds is 7. The minimum absolute atomic E-state index is 0.162. The lowest BCUT2D eigenvalue weighted by atomic mass is 10.0. The Morgan fingerprint density at radius 3 is 0.854 bits per heavy atom. The van der Waals surface area contributed by atoms with Crippen molar-refractivity contribution >= 4 is 254 Å². The van der Waals surface area contributed by atoms with Gasteiger partial charge < -0.3 is 22.1 Å². The highest BCUT2D eigenvalue weighted by Crippen LogP contribution is 2.46. The van der Waals surface area contributed by atoms with E-state index in [-0.39, 0.29) is 26.4 Å². The Morgan fingerprint density at radius 1 is 0.153 bits per heavy atom. The van der Waals surface area contributed by atoms with E-state index in [2.05, 4.69) is 224 Å². The van der Waals surface area contributed by atoms with Crippen LogP contribution in [0.5, 0.6) is 0 Å². The lowest BCUT2D eigenvalue weighted by Crippen LogP contribution is -1.97. The first kappa shape index (κ1) is 86.5. The van der Waals surface area contributed by atoms with E-state index >= 15 is 0 Å². The second-order valence-electron chi connectivity index (χ2n) is 34.6. The molecule has 0 unspecified atom stereocenters. The van der Waals surface area contributed by atoms with Crippen LogP contribution in [0.4, 0.5) is 0 Å². The summed E-state index contributed by atoms with van der Waals surface area (Å²) in [7, 11) is 0. The van der Waals surface area contributed by atoms with Gasteiger partial charge in [-0.3, -0.25) is 0 Å². The SMILES string of the molecule is Clc1nc(-c2ccc3c(c2)oc2ccc4ccccc4c23)c2ccccc2n1.Clc1nc(-c2ccc3oc4ccc5ccccc5c4c3c2)c2ccccc2n1.Clc1nc(-c2cccc3c2oc2ccc4ccccc4c23)c2ccccc2n1.Clc1nc(-c2ccccc2)nc(-c2ccc3c(c2)oc2ccc4ccccc4c23)n1.Clc1nc(-c2ccccc2)nc(-c2ccc3oc4ccc5ccccc5c4c3c2)n1. The van der Waals surface area contributed by atoms with Gasteiger partial charge in [-0.15, -0.1) is 0 Å². The number of hydrogen-bond acceptors (Lipinski definition) is 17. The number of fused-ring (bicyclic) bond motifs is 28. The number of hydrogen-bond donors (Lipinski definition) is 0. The number of halogens is 5. The molecule has 144 heavy (non-hydrogen) atoms. The molecule has 0 bridgehead atoms. The molecule has 0 atom stereocenters. The van der Waals surface area contributed by atoms with E-state index in [0.717, 1.165) is 204 Å². The van der Waals surface area contributed by atoms with Gasteiger partial charge >= 0.3 is 0 Å². The second-order valence-corrected chi connectivity index (χ2v) is 36.3. The first-order chi connectivity index (χ1) is 70.9. The smallest absolute Gasteiger partial charge is 0.226 e. The van der Waals surface area contributed by atoms with Gasteiger partial charge in [-0.2, -0.15) is 19.9 Å². The van der Waals surface area contributed by atoms with Crippen molar-refractivity contribution in [3.63, 3.8) is 0 Å². The van der Waals surface area contributed by atoms with Crippen molar-refractivity contribution in [3.05, 3.63) is 433 Å². The standard InChI is InChI=1S/2C25H14ClN3O.3C24H13ClN2O/c26-25-28-23(16-7-2-1-3-8-16)27-24(29-25)17-11-12-20-19(14-17)22-18-9-5-4-6-15(18)10-13-21(22)30-20;26-25-28-23(16-7-2-1-3-8-16)27-24(29-25)17-10-12-19-21(14-17)30-20-13-11-15-6-4-5-9-18(15)22(19)20;25-24-26-19-11-4-3-8-16(19)22(27-24)18-10-5-9-17-21-15-7-2-1-6-14(15)12-13-20(21)28-23(17)18;25-24-26-19-8-4-3-7-17(19)23(27-24)15-10-11-20-18(13-15)22-16-6-2-1-5-14(16)9-12-21(22)28-20;25-24-26-19-8-4-3-7-17(19)23(27-24)15-9-11-18-21(13-15)28-20-12-10-14-5-1-2-6-16(14)22(18)20/h2*1-14H;3*1-13H. The molecule has 0 saturated carbocycles. The van der Waals surface area contributed by atoms with E-state index in [9.17, 15) is 0 Å². The minimum atomic E-state index is 0.162. The topological polar surface area (TPSA) is 220 Å². The Bertz CT molecular complexity index is 10400. The summed E-state index contributed by atoms with van der Waals surface area (Å²) in [6, 6.07) is 136. The highest BCUT2D eigenvalue weighted by Gasteiger charge is 2.24. The summed E-state index contributed by atoms with van der Waals surface area (Å²) in [6.07, 6.45) is 0. The van der Waals surface area contributed by atoms with Gasteiger partial charge in [0.1, 0.15) is 55.8 Å². The van der Waals surface area contributed by atoms with Crippen molar-refractivity contribution in [1.82, 2.24) is 59.8 Å². The molecule has 10 heterocycles. The third-order valence-corrected chi connectivity index (χ3v) is 27.0. The zero-order chi connectivity index (χ0) is 96.2. The highest BCUT2D eigenvalue weighted by atomic mass is 35.5. The van der Waals surface area contributed by atoms with Gasteiger partial charge in [0.05, 0.1) is 33.6 Å². The summed E-state index contributed by atoms with van der Waals surface area (Å²) in [6.45, 7) is 0. The maximum atomic E-state index is 6.33. The summed E-state index contributed by atoms with van der Waals surface area (Å²) in [5, 5.41) is 26.7. The van der Waals surface area contributed by atoms with E-state index in [1.165, 1.54) is 48.5 Å². The molecule has 0 spiro atoms. The molecule has 22 heteroatoms. The molecule has 10 aromatic heterocycles. The molecule has 30 rings (SSSR count). The van der Waals surface area contributed by atoms with Gasteiger partial charge in [0.15, 0.2) is 23.3 Å². The lowest BCUT2D eigenvalue weighted by Gasteiger charge is -2.07. The lowest BCUT2D eigenvalue weighted by molar-refractivity contribution is 0.669. The molecule has 0 saturated heterocycles. The first-order valence-electron chi connectivity index (χ1n) is 46.3. The summed E-state index contributed by atoms with van der Waals surface area (Å²) in [5.74, 6) is 2.14. The summed E-state index contributed by atoms with van der Waals surface area (Å²) >= 11 is 31.1. The first-order valence-corrected chi connectivity index (χ1v) is 48.2. The largest absolute Gasteiger partial charge is 0.456 e. The van der Waals surface area contributed by atoms with E-state index < -0.39 is 0 Å². The van der Waals surface area contributed by atoms with E-state index in [0.29, 0.717) is 23.3 Å². The Labute approximate surface area is 841 Å². The fourth-order valence-electron chi connectivity index (χ4n) is 19.7. The Morgan fingerprint density at radius 2 is 0.431 bits per heavy atom. The minimum Gasteiger partial charge on any atom is -0.456 e. The summed E-state index contributed by atoms with van der Waals surface area (Å²) in [5.41, 5.74) is 19.7. The summed E-state index contributed by atoms with van der Waals surface area (Å²) in [4.78, 5) is 53.2. The van der Waals surface area contributed by atoms with Crippen LogP contribution in [-0.4, -0.2) is 59.8 Å². The van der Waals surface area contributed by atoms with Crippen LogP contribution in [0.2, 0.25) is 26.4 Å². The molecule has 0 radical (unpaired) electrons. The number of benzene rings is 20. The van der Waals surface area contributed by atoms with Crippen molar-refractivity contribution in [2.75, 3.05) is 0 Å². The molecule has 0 fully saturated rings. The van der Waals surface area contributed by atoms with Crippen LogP contribution in [0.3, 0.4) is 0 Å². The molecule has 0 aliphatic heterocycles. The second kappa shape index (κ2) is 36.1. The van der Waals surface area contributed by atoms with Gasteiger partial charge in [0.2, 0.25) is 26.4 Å². The molecule has 0 aliphatic rings. The van der Waals surface area contributed by atoms with Crippen molar-refractivity contribution in [1.29, 1.82) is 0 Å². The zero-order valence-electron chi connectivity index (χ0n) is 75.5. The van der Waals surface area contributed by atoms with Crippen LogP contribution >= 0.6 is 58.0 Å². The Hall–Kier alpha value is -17.8. The predicted molar refractivity (Wildman–Crippen MR) is 585 cm³/mol. The van der Waals surface area contributed by atoms with Gasteiger partial charge in [-0.1, -0.05) is 291 Å². The molecular formula is C122H67Cl5N12O5. The maximum Gasteiger partial charge on any atom is 0.226 e. The van der Waals surface area contributed by atoms with Crippen molar-refractivity contribution in [3.8, 4) is 79.3 Å². The van der Waals surface area contributed by atoms with Crippen LogP contribution in [0.15, 0.2) is 429 Å². The molecule has 17 nitrogen and oxygen atoms in total. The molecule has 30 aromatic rings. The van der Waals surface area contributed by atoms with Crippen molar-refractivity contribution in [2.45, 2.75) is 0 Å². The van der Waals surface area contributed by atoms with Crippen LogP contribution in [0.1, 0.15) is 0 Å². The third-order valence-electron chi connectivity index (χ3n) is 26.2. The molecule has 680 valence electrons. The molecular weight excluding hydrogens is 1890 g/mol. The molecule has 0 N–H and O–H groups in total. The summed E-state index contributed by atoms with van der Waals surface area (Å²) < 4.78 is 30.9. The van der Waals surface area contributed by atoms with Gasteiger partial charge in [-0.25, -0.2) is 39.9 Å². The maximum absolute atomic E-state index is 6.33. The third kappa shape index (κ3) is 15.8. The Kier molecular flexibility index (Phi) is 21.7. The Balaban J connectivity index is 0.0000000919. The fourth-order valence-corrected chi connectivity index (χ4v) is 20.5. The number of nitrogens with zero attached hydrogens (tertiary/aromatic N) is 12.